The minimum Gasteiger partial charge on any atom is -0.504 e. The van der Waals surface area contributed by atoms with Crippen LogP contribution in [-0.4, -0.2) is 69.8 Å². The van der Waals surface area contributed by atoms with Gasteiger partial charge in [0.2, 0.25) is 5.91 Å². The van der Waals surface area contributed by atoms with E-state index in [1.165, 1.54) is 12.8 Å². The molecule has 7 rings (SSSR count). The minimum absolute atomic E-state index is 0.0162. The number of amides is 1. The number of likely N-dealkylation sites (N-methyl/N-ethyl adjacent to an activating group) is 1. The quantitative estimate of drug-likeness (QED) is 0.519. The number of nitrogens with zero attached hydrogens (tertiary/aromatic N) is 2. The predicted octanol–water partition coefficient (Wildman–Crippen LogP) is 4.80. The van der Waals surface area contributed by atoms with E-state index in [1.807, 2.05) is 19.2 Å². The Morgan fingerprint density at radius 2 is 2.00 bits per heavy atom. The van der Waals surface area contributed by atoms with Crippen LogP contribution in [0, 0.1) is 5.92 Å². The maximum Gasteiger partial charge on any atom is 0.246 e. The fourth-order valence-electron chi connectivity index (χ4n) is 7.92. The third-order valence-electron chi connectivity index (χ3n) is 9.94. The highest BCUT2D eigenvalue weighted by atomic mass is 35.5. The Morgan fingerprint density at radius 1 is 1.18 bits per heavy atom. The molecule has 0 unspecified atom stereocenters. The summed E-state index contributed by atoms with van der Waals surface area (Å²) in [5.74, 6) is 1.20. The van der Waals surface area contributed by atoms with Gasteiger partial charge in [-0.3, -0.25) is 9.69 Å². The highest BCUT2D eigenvalue weighted by Gasteiger charge is 2.73. The predicted molar refractivity (Wildman–Crippen MR) is 147 cm³/mol. The molecule has 2 N–H and O–H groups in total. The number of likely N-dealkylation sites (tertiary alicyclic amines) is 1. The Morgan fingerprint density at radius 3 is 2.76 bits per heavy atom. The van der Waals surface area contributed by atoms with E-state index in [2.05, 4.69) is 4.90 Å². The van der Waals surface area contributed by atoms with E-state index in [0.717, 1.165) is 48.5 Å². The standard InChI is InChI=1S/C30H32Cl2N2O4/c1-33(25(36)9-5-17-4-7-20(31)21(32)14-17)22-10-11-30(37)24-15-19-6-8-23(35)27-26(19)29(30,28(22)38-27)12-13-34(24)16-18-2-3-18/h4-9,14,18,22,24,28,35,37H,2-3,10-13,15-16H2,1H3/b9-5+/t22-,24-,28-,29-,30+/m0/s1. The Bertz CT molecular complexity index is 1360. The number of carbonyl (C=O) groups is 1. The molecule has 5 atom stereocenters. The van der Waals surface area contributed by atoms with Gasteiger partial charge in [0, 0.05) is 31.3 Å². The first kappa shape index (κ1) is 24.8. The second-order valence-electron chi connectivity index (χ2n) is 11.9. The normalized spacial score (nSPS) is 33.2. The first-order valence-electron chi connectivity index (χ1n) is 13.6. The molecule has 2 saturated carbocycles. The van der Waals surface area contributed by atoms with Gasteiger partial charge < -0.3 is 19.8 Å². The van der Waals surface area contributed by atoms with Crippen LogP contribution in [0.5, 0.6) is 11.5 Å². The second-order valence-corrected chi connectivity index (χ2v) is 12.7. The number of halogens is 2. The summed E-state index contributed by atoms with van der Waals surface area (Å²) < 4.78 is 6.60. The third-order valence-corrected chi connectivity index (χ3v) is 10.7. The molecule has 2 bridgehead atoms. The molecule has 3 aliphatic carbocycles. The molecular weight excluding hydrogens is 523 g/mol. The van der Waals surface area contributed by atoms with Crippen molar-refractivity contribution in [2.24, 2.45) is 5.92 Å². The van der Waals surface area contributed by atoms with Crippen LogP contribution in [0.3, 0.4) is 0 Å². The smallest absolute Gasteiger partial charge is 0.246 e. The lowest BCUT2D eigenvalue weighted by atomic mass is 9.48. The Labute approximate surface area is 232 Å². The maximum atomic E-state index is 13.4. The molecule has 3 fully saturated rings. The number of ether oxygens (including phenoxy) is 1. The van der Waals surface area contributed by atoms with Crippen LogP contribution in [0.4, 0.5) is 0 Å². The van der Waals surface area contributed by atoms with Crippen molar-refractivity contribution in [3.63, 3.8) is 0 Å². The number of carbonyl (C=O) groups excluding carboxylic acids is 1. The van der Waals surface area contributed by atoms with E-state index in [0.29, 0.717) is 28.6 Å². The van der Waals surface area contributed by atoms with Crippen molar-refractivity contribution in [2.75, 3.05) is 20.1 Å². The maximum absolute atomic E-state index is 13.4. The summed E-state index contributed by atoms with van der Waals surface area (Å²) in [6.07, 6.45) is 8.13. The number of aliphatic hydroxyl groups is 1. The van der Waals surface area contributed by atoms with Gasteiger partial charge in [0.1, 0.15) is 6.10 Å². The van der Waals surface area contributed by atoms with Crippen LogP contribution in [0.1, 0.15) is 48.8 Å². The van der Waals surface area contributed by atoms with Gasteiger partial charge in [-0.05, 0) is 86.4 Å². The van der Waals surface area contributed by atoms with E-state index >= 15 is 0 Å². The first-order valence-corrected chi connectivity index (χ1v) is 14.4. The molecule has 1 saturated heterocycles. The van der Waals surface area contributed by atoms with Crippen molar-refractivity contribution in [1.82, 2.24) is 9.80 Å². The fourth-order valence-corrected chi connectivity index (χ4v) is 8.22. The molecule has 5 aliphatic rings. The Kier molecular flexibility index (Phi) is 5.62. The van der Waals surface area contributed by atoms with Crippen molar-refractivity contribution >= 4 is 35.2 Å². The number of rotatable bonds is 5. The molecule has 2 heterocycles. The average Bonchev–Trinajstić information content (AvgIpc) is 3.64. The molecule has 0 radical (unpaired) electrons. The topological polar surface area (TPSA) is 73.2 Å². The van der Waals surface area contributed by atoms with Crippen LogP contribution in [-0.2, 0) is 16.6 Å². The highest BCUT2D eigenvalue weighted by molar-refractivity contribution is 6.42. The van der Waals surface area contributed by atoms with Crippen LogP contribution >= 0.6 is 23.2 Å². The lowest BCUT2D eigenvalue weighted by molar-refractivity contribution is -0.200. The average molecular weight is 556 g/mol. The lowest BCUT2D eigenvalue weighted by Gasteiger charge is -2.64. The number of phenolic OH excluding ortho intramolecular Hbond substituents is 1. The van der Waals surface area contributed by atoms with E-state index < -0.39 is 17.1 Å². The van der Waals surface area contributed by atoms with Gasteiger partial charge in [0.25, 0.3) is 0 Å². The molecule has 6 nitrogen and oxygen atoms in total. The summed E-state index contributed by atoms with van der Waals surface area (Å²) in [6.45, 7) is 1.93. The van der Waals surface area contributed by atoms with Crippen LogP contribution < -0.4 is 4.74 Å². The third kappa shape index (κ3) is 3.43. The van der Waals surface area contributed by atoms with Gasteiger partial charge in [0.05, 0.1) is 27.1 Å². The number of benzene rings is 2. The summed E-state index contributed by atoms with van der Waals surface area (Å²) in [6, 6.07) is 8.76. The number of aromatic hydroxyl groups is 1. The zero-order chi connectivity index (χ0) is 26.4. The molecule has 0 aromatic heterocycles. The van der Waals surface area contributed by atoms with Gasteiger partial charge in [-0.25, -0.2) is 0 Å². The van der Waals surface area contributed by atoms with Crippen LogP contribution in [0.2, 0.25) is 10.0 Å². The fraction of sp³-hybridized carbons (Fsp3) is 0.500. The largest absolute Gasteiger partial charge is 0.504 e. The van der Waals surface area contributed by atoms with Gasteiger partial charge in [-0.15, -0.1) is 0 Å². The van der Waals surface area contributed by atoms with Crippen LogP contribution in [0.15, 0.2) is 36.4 Å². The monoisotopic (exact) mass is 554 g/mol. The summed E-state index contributed by atoms with van der Waals surface area (Å²) in [5.41, 5.74) is 1.31. The van der Waals surface area contributed by atoms with E-state index in [-0.39, 0.29) is 23.7 Å². The van der Waals surface area contributed by atoms with Crippen molar-refractivity contribution in [3.05, 3.63) is 63.1 Å². The lowest BCUT2D eigenvalue weighted by Crippen LogP contribution is -2.78. The molecule has 2 aromatic rings. The zero-order valence-corrected chi connectivity index (χ0v) is 22.9. The molecule has 8 heteroatoms. The number of piperidine rings is 1. The van der Waals surface area contributed by atoms with Gasteiger partial charge in [0.15, 0.2) is 11.5 Å². The molecular formula is C30H32Cl2N2O4. The molecule has 2 aromatic carbocycles. The highest BCUT2D eigenvalue weighted by Crippen LogP contribution is 2.66. The van der Waals surface area contributed by atoms with Gasteiger partial charge in [-0.2, -0.15) is 0 Å². The van der Waals surface area contributed by atoms with Crippen molar-refractivity contribution in [1.29, 1.82) is 0 Å². The second kappa shape index (κ2) is 8.62. The summed E-state index contributed by atoms with van der Waals surface area (Å²) >= 11 is 12.2. The number of phenols is 1. The molecule has 38 heavy (non-hydrogen) atoms. The van der Waals surface area contributed by atoms with E-state index in [1.54, 1.807) is 35.3 Å². The summed E-state index contributed by atoms with van der Waals surface area (Å²) in [5, 5.41) is 24.3. The van der Waals surface area contributed by atoms with E-state index in [4.69, 9.17) is 27.9 Å². The van der Waals surface area contributed by atoms with Crippen molar-refractivity contribution in [3.8, 4) is 11.5 Å². The number of hydrogen-bond donors (Lipinski definition) is 2. The summed E-state index contributed by atoms with van der Waals surface area (Å²) in [4.78, 5) is 17.7. The van der Waals surface area contributed by atoms with Crippen LogP contribution in [0.25, 0.3) is 6.08 Å². The van der Waals surface area contributed by atoms with Crippen molar-refractivity contribution < 1.29 is 19.7 Å². The number of hydrogen-bond acceptors (Lipinski definition) is 5. The van der Waals surface area contributed by atoms with Gasteiger partial charge >= 0.3 is 0 Å². The summed E-state index contributed by atoms with van der Waals surface area (Å²) in [7, 11) is 1.81. The Hall–Kier alpha value is -2.25. The molecule has 1 amide bonds. The van der Waals surface area contributed by atoms with Gasteiger partial charge in [-0.1, -0.05) is 35.3 Å². The molecule has 200 valence electrons. The SMILES string of the molecule is CN(C(=O)/C=C/c1ccc(Cl)c(Cl)c1)[C@H]1CC[C@@]2(O)[C@@H]3Cc4ccc(O)c5c4[C@@]2(CCN3CC2CC2)[C@H]1O5. The van der Waals surface area contributed by atoms with Crippen molar-refractivity contribution in [2.45, 2.75) is 67.7 Å². The van der Waals surface area contributed by atoms with E-state index in [9.17, 15) is 15.0 Å². The molecule has 2 aliphatic heterocycles. The first-order chi connectivity index (χ1) is 18.2. The molecule has 1 spiro atoms. The zero-order valence-electron chi connectivity index (χ0n) is 21.4. The minimum atomic E-state index is -0.965. The Balaban J connectivity index is 1.23.